The van der Waals surface area contributed by atoms with Crippen LogP contribution >= 0.6 is 0 Å². The van der Waals surface area contributed by atoms with Gasteiger partial charge in [-0.1, -0.05) is 30.3 Å². The molecule has 0 bridgehead atoms. The molecule has 1 aromatic carbocycles. The Kier molecular flexibility index (Phi) is 3.75. The topological polar surface area (TPSA) is 6.48 Å². The third kappa shape index (κ3) is 3.33. The predicted octanol–water partition coefficient (Wildman–Crippen LogP) is 1.52. The van der Waals surface area contributed by atoms with Crippen LogP contribution in [0.1, 0.15) is 5.56 Å². The number of hydrogen-bond acceptors (Lipinski definition) is 2. The van der Waals surface area contributed by atoms with E-state index in [4.69, 9.17) is 7.05 Å². The molecule has 1 aromatic rings. The molecule has 1 fully saturated rings. The molecule has 0 unspecified atom stereocenters. The van der Waals surface area contributed by atoms with E-state index >= 15 is 0 Å². The average molecular weight is 202 g/mol. The lowest BCUT2D eigenvalue weighted by molar-refractivity contribution is 0.168. The molecule has 0 aromatic heterocycles. The zero-order valence-corrected chi connectivity index (χ0v) is 9.10. The fraction of sp³-hybridized carbons (Fsp3) is 0.462. The van der Waals surface area contributed by atoms with E-state index in [0.29, 0.717) is 0 Å². The Hall–Kier alpha value is -0.860. The molecule has 2 heteroatoms. The molecule has 0 atom stereocenters. The molecule has 15 heavy (non-hydrogen) atoms. The van der Waals surface area contributed by atoms with Gasteiger partial charge < -0.3 is 4.90 Å². The summed E-state index contributed by atoms with van der Waals surface area (Å²) in [7, 11) is 5.71. The van der Waals surface area contributed by atoms with Gasteiger partial charge in [0.1, 0.15) is 0 Å². The van der Waals surface area contributed by atoms with Gasteiger partial charge in [0, 0.05) is 39.8 Å². The molecule has 80 valence electrons. The summed E-state index contributed by atoms with van der Waals surface area (Å²) in [6, 6.07) is 10.7. The molecule has 2 rings (SSSR count). The van der Waals surface area contributed by atoms with Gasteiger partial charge in [0.15, 0.2) is 0 Å². The van der Waals surface area contributed by atoms with E-state index < -0.39 is 0 Å². The van der Waals surface area contributed by atoms with Crippen molar-refractivity contribution in [3.63, 3.8) is 0 Å². The van der Waals surface area contributed by atoms with Gasteiger partial charge in [-0.15, -0.1) is 0 Å². The molecular formula is C13H18N2. The maximum atomic E-state index is 5.71. The van der Waals surface area contributed by atoms with Gasteiger partial charge in [-0.3, -0.25) is 4.90 Å². The minimum absolute atomic E-state index is 0.995. The van der Waals surface area contributed by atoms with E-state index in [1.54, 1.807) is 0 Å². The van der Waals surface area contributed by atoms with E-state index in [1.165, 1.54) is 5.56 Å². The molecule has 1 saturated heterocycles. The van der Waals surface area contributed by atoms with Crippen molar-refractivity contribution in [3.8, 4) is 0 Å². The largest absolute Gasteiger partial charge is 0.300 e. The Labute approximate surface area is 92.5 Å². The molecule has 0 aliphatic carbocycles. The smallest absolute Gasteiger partial charge is 0.0439 e. The van der Waals surface area contributed by atoms with Crippen molar-refractivity contribution in [1.82, 2.24) is 9.80 Å². The van der Waals surface area contributed by atoms with E-state index in [1.807, 2.05) is 4.90 Å². The summed E-state index contributed by atoms with van der Waals surface area (Å²) in [5.41, 5.74) is 1.42. The Bertz CT molecular complexity index is 276. The third-order valence-corrected chi connectivity index (χ3v) is 2.97. The summed E-state index contributed by atoms with van der Waals surface area (Å²) in [5, 5.41) is 0. The van der Waals surface area contributed by atoms with Gasteiger partial charge in [-0.25, -0.2) is 0 Å². The minimum atomic E-state index is 0.995. The van der Waals surface area contributed by atoms with Crippen LogP contribution in [0.2, 0.25) is 0 Å². The fourth-order valence-electron chi connectivity index (χ4n) is 1.92. The minimum Gasteiger partial charge on any atom is -0.300 e. The number of hydrogen-bond donors (Lipinski definition) is 0. The van der Waals surface area contributed by atoms with Crippen LogP contribution < -0.4 is 0 Å². The predicted molar refractivity (Wildman–Crippen MR) is 62.5 cm³/mol. The molecule has 2 radical (unpaired) electrons. The second-order valence-corrected chi connectivity index (χ2v) is 4.11. The quantitative estimate of drug-likeness (QED) is 0.733. The molecule has 0 amide bonds. The van der Waals surface area contributed by atoms with Crippen LogP contribution in [0.3, 0.4) is 0 Å². The van der Waals surface area contributed by atoms with E-state index in [-0.39, 0.29) is 0 Å². The Morgan fingerprint density at radius 2 is 1.67 bits per heavy atom. The Morgan fingerprint density at radius 1 is 1.00 bits per heavy atom. The van der Waals surface area contributed by atoms with E-state index in [9.17, 15) is 0 Å². The summed E-state index contributed by atoms with van der Waals surface area (Å²) in [6.45, 7) is 5.34. The molecule has 1 heterocycles. The fourth-order valence-corrected chi connectivity index (χ4v) is 1.92. The highest BCUT2D eigenvalue weighted by Gasteiger charge is 2.12. The Balaban J connectivity index is 1.74. The molecule has 2 nitrogen and oxygen atoms in total. The van der Waals surface area contributed by atoms with E-state index in [0.717, 1.165) is 39.1 Å². The zero-order chi connectivity index (χ0) is 10.5. The van der Waals surface area contributed by atoms with Crippen LogP contribution in [-0.2, 0) is 6.42 Å². The molecular weight excluding hydrogens is 184 g/mol. The SMILES string of the molecule is [CH]N1CCN(CCc2ccccc2)CC1. The normalized spacial score (nSPS) is 19.3. The zero-order valence-electron chi connectivity index (χ0n) is 9.10. The summed E-state index contributed by atoms with van der Waals surface area (Å²) in [5.74, 6) is 0. The van der Waals surface area contributed by atoms with Crippen molar-refractivity contribution in [3.05, 3.63) is 42.9 Å². The monoisotopic (exact) mass is 202 g/mol. The van der Waals surface area contributed by atoms with Crippen molar-refractivity contribution in [2.24, 2.45) is 0 Å². The molecule has 0 saturated carbocycles. The van der Waals surface area contributed by atoms with Crippen LogP contribution in [0.4, 0.5) is 0 Å². The second-order valence-electron chi connectivity index (χ2n) is 4.11. The van der Waals surface area contributed by atoms with E-state index in [2.05, 4.69) is 35.2 Å². The number of piperazine rings is 1. The number of benzene rings is 1. The molecule has 0 N–H and O–H groups in total. The summed E-state index contributed by atoms with van der Waals surface area (Å²) in [4.78, 5) is 4.38. The van der Waals surface area contributed by atoms with Crippen molar-refractivity contribution in [1.29, 1.82) is 0 Å². The lowest BCUT2D eigenvalue weighted by Crippen LogP contribution is -2.44. The first-order valence-corrected chi connectivity index (χ1v) is 5.60. The van der Waals surface area contributed by atoms with Crippen LogP contribution in [0.15, 0.2) is 30.3 Å². The first-order chi connectivity index (χ1) is 7.34. The molecule has 1 aliphatic heterocycles. The van der Waals surface area contributed by atoms with Crippen molar-refractivity contribution >= 4 is 0 Å². The summed E-state index contributed by atoms with van der Waals surface area (Å²) in [6.07, 6.45) is 1.14. The van der Waals surface area contributed by atoms with Crippen molar-refractivity contribution in [2.45, 2.75) is 6.42 Å². The van der Waals surface area contributed by atoms with Gasteiger partial charge in [0.05, 0.1) is 0 Å². The lowest BCUT2D eigenvalue weighted by atomic mass is 10.1. The number of nitrogens with zero attached hydrogens (tertiary/aromatic N) is 2. The average Bonchev–Trinajstić information content (AvgIpc) is 2.30. The highest BCUT2D eigenvalue weighted by molar-refractivity contribution is 5.14. The maximum Gasteiger partial charge on any atom is 0.0439 e. The van der Waals surface area contributed by atoms with Crippen LogP contribution in [0, 0.1) is 7.05 Å². The van der Waals surface area contributed by atoms with Crippen molar-refractivity contribution < 1.29 is 0 Å². The first-order valence-electron chi connectivity index (χ1n) is 5.60. The Morgan fingerprint density at radius 3 is 2.33 bits per heavy atom. The van der Waals surface area contributed by atoms with Gasteiger partial charge in [-0.2, -0.15) is 0 Å². The van der Waals surface area contributed by atoms with Gasteiger partial charge in [0.25, 0.3) is 0 Å². The summed E-state index contributed by atoms with van der Waals surface area (Å²) >= 11 is 0. The van der Waals surface area contributed by atoms with Crippen LogP contribution in [0.25, 0.3) is 0 Å². The molecule has 1 aliphatic rings. The van der Waals surface area contributed by atoms with Crippen LogP contribution in [0.5, 0.6) is 0 Å². The van der Waals surface area contributed by atoms with Gasteiger partial charge in [0.2, 0.25) is 0 Å². The number of rotatable bonds is 3. The standard InChI is InChI=1S/C13H18N2/c1-14-9-11-15(12-10-14)8-7-13-5-3-2-4-6-13/h1-6H,7-12H2. The summed E-state index contributed by atoms with van der Waals surface area (Å²) < 4.78 is 0. The third-order valence-electron chi connectivity index (χ3n) is 2.97. The highest BCUT2D eigenvalue weighted by Crippen LogP contribution is 2.04. The van der Waals surface area contributed by atoms with Gasteiger partial charge in [-0.05, 0) is 12.0 Å². The molecule has 0 spiro atoms. The lowest BCUT2D eigenvalue weighted by Gasteiger charge is -2.31. The second kappa shape index (κ2) is 5.29. The van der Waals surface area contributed by atoms with Gasteiger partial charge >= 0.3 is 0 Å². The maximum absolute atomic E-state index is 5.71. The highest BCUT2D eigenvalue weighted by atomic mass is 15.2. The first kappa shape index (κ1) is 10.7. The van der Waals surface area contributed by atoms with Crippen molar-refractivity contribution in [2.75, 3.05) is 32.7 Å². The van der Waals surface area contributed by atoms with Crippen LogP contribution in [-0.4, -0.2) is 42.5 Å².